The molecule has 3 rings (SSSR count). The molecule has 24 heavy (non-hydrogen) atoms. The third-order valence-electron chi connectivity index (χ3n) is 4.17. The fraction of sp³-hybridized carbons (Fsp3) is 0.294. The number of benzene rings is 2. The fourth-order valence-corrected chi connectivity index (χ4v) is 3.94. The first-order valence-corrected chi connectivity index (χ1v) is 8.92. The summed E-state index contributed by atoms with van der Waals surface area (Å²) in [7, 11) is -5.38. The zero-order valence-electron chi connectivity index (χ0n) is 13.0. The number of alkyl halides is 3. The van der Waals surface area contributed by atoms with Gasteiger partial charge in [0, 0.05) is 13.1 Å². The van der Waals surface area contributed by atoms with E-state index in [2.05, 4.69) is 0 Å². The van der Waals surface area contributed by atoms with Crippen molar-refractivity contribution in [3.63, 3.8) is 0 Å². The molecule has 7 heteroatoms. The molecule has 0 radical (unpaired) electrons. The van der Waals surface area contributed by atoms with Gasteiger partial charge in [0.15, 0.2) is 0 Å². The largest absolute Gasteiger partial charge is 0.501 e. The summed E-state index contributed by atoms with van der Waals surface area (Å²) in [4.78, 5) is 1.01. The lowest BCUT2D eigenvalue weighted by Crippen LogP contribution is -2.33. The number of halogens is 3. The van der Waals surface area contributed by atoms with Crippen molar-refractivity contribution in [2.45, 2.75) is 30.3 Å². The third kappa shape index (κ3) is 2.88. The van der Waals surface area contributed by atoms with Crippen LogP contribution in [0.5, 0.6) is 0 Å². The first-order valence-electron chi connectivity index (χ1n) is 7.44. The van der Waals surface area contributed by atoms with E-state index in [1.807, 2.05) is 25.1 Å². The highest BCUT2D eigenvalue weighted by Gasteiger charge is 2.48. The van der Waals surface area contributed by atoms with E-state index in [9.17, 15) is 21.6 Å². The maximum atomic E-state index is 13.0. The van der Waals surface area contributed by atoms with E-state index < -0.39 is 20.2 Å². The van der Waals surface area contributed by atoms with E-state index in [0.29, 0.717) is 19.5 Å². The van der Waals surface area contributed by atoms with Crippen molar-refractivity contribution >= 4 is 15.5 Å². The van der Waals surface area contributed by atoms with E-state index in [4.69, 9.17) is 0 Å². The summed E-state index contributed by atoms with van der Waals surface area (Å²) in [5.41, 5.74) is -1.99. The third-order valence-corrected chi connectivity index (χ3v) is 5.71. The van der Waals surface area contributed by atoms with Crippen molar-refractivity contribution in [3.8, 4) is 0 Å². The number of rotatable bonds is 2. The predicted octanol–water partition coefficient (Wildman–Crippen LogP) is 3.85. The van der Waals surface area contributed by atoms with Crippen LogP contribution in [0, 0.1) is 6.92 Å². The second-order valence-electron chi connectivity index (χ2n) is 5.86. The molecule has 0 aromatic heterocycles. The van der Waals surface area contributed by atoms with Crippen molar-refractivity contribution in [1.82, 2.24) is 0 Å². The fourth-order valence-electron chi connectivity index (χ4n) is 2.96. The van der Waals surface area contributed by atoms with E-state index in [1.54, 1.807) is 11.0 Å². The molecule has 0 spiro atoms. The molecule has 0 N–H and O–H groups in total. The summed E-state index contributed by atoms with van der Waals surface area (Å²) in [6.07, 6.45) is 0.663. The summed E-state index contributed by atoms with van der Waals surface area (Å²) >= 11 is 0. The number of hydrogen-bond acceptors (Lipinski definition) is 3. The molecule has 1 aliphatic heterocycles. The van der Waals surface area contributed by atoms with Crippen molar-refractivity contribution < 1.29 is 21.6 Å². The number of sulfone groups is 1. The van der Waals surface area contributed by atoms with Gasteiger partial charge in [0.2, 0.25) is 0 Å². The highest BCUT2D eigenvalue weighted by molar-refractivity contribution is 7.92. The Kier molecular flexibility index (Phi) is 4.07. The average Bonchev–Trinajstić information content (AvgIpc) is 2.53. The normalized spacial score (nSPS) is 15.2. The van der Waals surface area contributed by atoms with Crippen LogP contribution in [0.4, 0.5) is 18.9 Å². The molecule has 1 aliphatic rings. The predicted molar refractivity (Wildman–Crippen MR) is 85.6 cm³/mol. The minimum Gasteiger partial charge on any atom is -0.366 e. The van der Waals surface area contributed by atoms with Crippen LogP contribution in [0.3, 0.4) is 0 Å². The summed E-state index contributed by atoms with van der Waals surface area (Å²) < 4.78 is 62.6. The van der Waals surface area contributed by atoms with Gasteiger partial charge in [-0.1, -0.05) is 35.9 Å². The van der Waals surface area contributed by atoms with E-state index in [-0.39, 0.29) is 5.69 Å². The molecule has 0 amide bonds. The van der Waals surface area contributed by atoms with Gasteiger partial charge in [0.25, 0.3) is 9.84 Å². The maximum absolute atomic E-state index is 13.0. The molecule has 0 saturated carbocycles. The standard InChI is InChI=1S/C17H16F3NO2S/c1-12-6-7-13-8-9-21(11-14(13)10-12)15-4-2-3-5-16(15)24(22,23)17(18,19)20/h2-7,10H,8-9,11H2,1H3. The summed E-state index contributed by atoms with van der Waals surface area (Å²) in [5.74, 6) is 0. The molecule has 128 valence electrons. The minimum atomic E-state index is -5.38. The number of hydrogen-bond donors (Lipinski definition) is 0. The second kappa shape index (κ2) is 5.81. The minimum absolute atomic E-state index is 0.0991. The Balaban J connectivity index is 2.03. The molecular weight excluding hydrogens is 339 g/mol. The van der Waals surface area contributed by atoms with Crippen molar-refractivity contribution in [2.75, 3.05) is 11.4 Å². The van der Waals surface area contributed by atoms with Gasteiger partial charge in [-0.15, -0.1) is 0 Å². The summed E-state index contributed by atoms with van der Waals surface area (Å²) in [6, 6.07) is 11.3. The second-order valence-corrected chi connectivity index (χ2v) is 7.77. The highest BCUT2D eigenvalue weighted by Crippen LogP contribution is 2.37. The zero-order chi connectivity index (χ0) is 17.5. The van der Waals surface area contributed by atoms with Crippen molar-refractivity contribution in [1.29, 1.82) is 0 Å². The molecule has 3 nitrogen and oxygen atoms in total. The van der Waals surface area contributed by atoms with Gasteiger partial charge in [0.05, 0.1) is 10.6 Å². The van der Waals surface area contributed by atoms with Crippen LogP contribution >= 0.6 is 0 Å². The molecule has 2 aromatic rings. The Bertz CT molecular complexity index is 876. The lowest BCUT2D eigenvalue weighted by atomic mass is 9.97. The molecule has 0 saturated heterocycles. The van der Waals surface area contributed by atoms with Gasteiger partial charge in [-0.25, -0.2) is 8.42 Å². The number of aryl methyl sites for hydroxylation is 1. The van der Waals surface area contributed by atoms with Crippen LogP contribution in [-0.2, 0) is 22.8 Å². The van der Waals surface area contributed by atoms with Crippen LogP contribution in [0.15, 0.2) is 47.4 Å². The molecule has 0 fully saturated rings. The number of nitrogens with zero attached hydrogens (tertiary/aromatic N) is 1. The lowest BCUT2D eigenvalue weighted by Gasteiger charge is -2.32. The lowest BCUT2D eigenvalue weighted by molar-refractivity contribution is -0.0435. The Morgan fingerprint density at radius 2 is 1.75 bits per heavy atom. The molecule has 0 aliphatic carbocycles. The molecule has 0 atom stereocenters. The SMILES string of the molecule is Cc1ccc2c(c1)CN(c1ccccc1S(=O)(=O)C(F)(F)F)CC2. The van der Waals surface area contributed by atoms with Crippen molar-refractivity contribution in [2.24, 2.45) is 0 Å². The zero-order valence-corrected chi connectivity index (χ0v) is 13.8. The van der Waals surface area contributed by atoms with Crippen LogP contribution in [-0.4, -0.2) is 20.5 Å². The Morgan fingerprint density at radius 1 is 1.04 bits per heavy atom. The van der Waals surface area contributed by atoms with Gasteiger partial charge in [-0.3, -0.25) is 0 Å². The topological polar surface area (TPSA) is 37.4 Å². The smallest absolute Gasteiger partial charge is 0.366 e. The highest BCUT2D eigenvalue weighted by atomic mass is 32.2. The monoisotopic (exact) mass is 355 g/mol. The first-order chi connectivity index (χ1) is 11.2. The van der Waals surface area contributed by atoms with E-state index in [1.165, 1.54) is 12.1 Å². The molecular formula is C17H16F3NO2S. The van der Waals surface area contributed by atoms with Gasteiger partial charge in [0.1, 0.15) is 0 Å². The van der Waals surface area contributed by atoms with Crippen LogP contribution in [0.25, 0.3) is 0 Å². The first kappa shape index (κ1) is 16.8. The number of fused-ring (bicyclic) bond motifs is 1. The molecule has 0 unspecified atom stereocenters. The number of anilines is 1. The van der Waals surface area contributed by atoms with Crippen LogP contribution in [0.1, 0.15) is 16.7 Å². The van der Waals surface area contributed by atoms with Crippen molar-refractivity contribution in [3.05, 3.63) is 59.2 Å². The van der Waals surface area contributed by atoms with Crippen LogP contribution < -0.4 is 4.90 Å². The van der Waals surface area contributed by atoms with Crippen LogP contribution in [0.2, 0.25) is 0 Å². The van der Waals surface area contributed by atoms with E-state index in [0.717, 1.165) is 22.8 Å². The maximum Gasteiger partial charge on any atom is 0.501 e. The Hall–Kier alpha value is -2.02. The summed E-state index contributed by atoms with van der Waals surface area (Å²) in [6.45, 7) is 2.81. The molecule has 2 aromatic carbocycles. The summed E-state index contributed by atoms with van der Waals surface area (Å²) in [5, 5.41) is 0. The average molecular weight is 355 g/mol. The quantitative estimate of drug-likeness (QED) is 0.821. The Morgan fingerprint density at radius 3 is 2.46 bits per heavy atom. The van der Waals surface area contributed by atoms with Gasteiger partial charge < -0.3 is 4.90 Å². The van der Waals surface area contributed by atoms with E-state index >= 15 is 0 Å². The molecule has 0 bridgehead atoms. The number of para-hydroxylation sites is 1. The van der Waals surface area contributed by atoms with Gasteiger partial charge >= 0.3 is 5.51 Å². The van der Waals surface area contributed by atoms with Gasteiger partial charge in [-0.2, -0.15) is 13.2 Å². The van der Waals surface area contributed by atoms with Gasteiger partial charge in [-0.05, 0) is 36.6 Å². The Labute approximate surface area is 138 Å². The molecule has 1 heterocycles.